The molecule has 126 valence electrons. The minimum atomic E-state index is -1.06. The standard InChI is InChI=1S/C19H21NO4/c1-2-24-13-18(21)20-17(19(22)23)12-14-8-10-16(11-9-14)15-6-4-3-5-7-15/h3-11,17H,2,12-13H2,1H3,(H,20,21)(H,22,23)/t17-/m1/s1. The second-order valence-corrected chi connectivity index (χ2v) is 5.36. The van der Waals surface area contributed by atoms with E-state index in [0.717, 1.165) is 16.7 Å². The highest BCUT2D eigenvalue weighted by molar-refractivity contribution is 5.84. The van der Waals surface area contributed by atoms with E-state index in [1.165, 1.54) is 0 Å². The molecule has 0 fully saturated rings. The maximum atomic E-state index is 11.6. The molecule has 0 spiro atoms. The molecule has 0 unspecified atom stereocenters. The second-order valence-electron chi connectivity index (χ2n) is 5.36. The lowest BCUT2D eigenvalue weighted by Gasteiger charge is -2.15. The van der Waals surface area contributed by atoms with Crippen LogP contribution in [0.1, 0.15) is 12.5 Å². The summed E-state index contributed by atoms with van der Waals surface area (Å²) in [6, 6.07) is 16.6. The highest BCUT2D eigenvalue weighted by Crippen LogP contribution is 2.19. The zero-order valence-electron chi connectivity index (χ0n) is 13.6. The molecular formula is C19H21NO4. The molecule has 2 aromatic carbocycles. The summed E-state index contributed by atoms with van der Waals surface area (Å²) < 4.78 is 4.99. The van der Waals surface area contributed by atoms with Gasteiger partial charge in [0.25, 0.3) is 0 Å². The first-order chi connectivity index (χ1) is 11.6. The minimum absolute atomic E-state index is 0.132. The Bertz CT molecular complexity index is 668. The van der Waals surface area contributed by atoms with Crippen LogP contribution in [0, 0.1) is 0 Å². The molecule has 0 heterocycles. The van der Waals surface area contributed by atoms with Crippen molar-refractivity contribution in [3.63, 3.8) is 0 Å². The summed E-state index contributed by atoms with van der Waals surface area (Å²) in [6.07, 6.45) is 0.224. The number of amides is 1. The number of benzene rings is 2. The molecule has 0 saturated heterocycles. The van der Waals surface area contributed by atoms with E-state index >= 15 is 0 Å². The molecule has 0 aliphatic rings. The van der Waals surface area contributed by atoms with Crippen LogP contribution in [-0.2, 0) is 20.7 Å². The first kappa shape index (κ1) is 17.7. The minimum Gasteiger partial charge on any atom is -0.480 e. The Kier molecular flexibility index (Phi) is 6.51. The Hall–Kier alpha value is -2.66. The summed E-state index contributed by atoms with van der Waals surface area (Å²) in [5.41, 5.74) is 3.01. The van der Waals surface area contributed by atoms with Gasteiger partial charge in [-0.1, -0.05) is 54.6 Å². The van der Waals surface area contributed by atoms with Gasteiger partial charge in [-0.05, 0) is 23.6 Å². The highest BCUT2D eigenvalue weighted by Gasteiger charge is 2.20. The van der Waals surface area contributed by atoms with Crippen LogP contribution in [0.5, 0.6) is 0 Å². The fraction of sp³-hybridized carbons (Fsp3) is 0.263. The van der Waals surface area contributed by atoms with E-state index in [0.29, 0.717) is 6.61 Å². The van der Waals surface area contributed by atoms with E-state index in [2.05, 4.69) is 5.32 Å². The lowest BCUT2D eigenvalue weighted by Crippen LogP contribution is -2.43. The number of nitrogens with one attached hydrogen (secondary N) is 1. The van der Waals surface area contributed by atoms with Gasteiger partial charge in [0, 0.05) is 13.0 Å². The number of rotatable bonds is 8. The van der Waals surface area contributed by atoms with E-state index in [1.807, 2.05) is 54.6 Å². The van der Waals surface area contributed by atoms with Gasteiger partial charge in [-0.25, -0.2) is 4.79 Å². The van der Waals surface area contributed by atoms with Gasteiger partial charge in [-0.15, -0.1) is 0 Å². The van der Waals surface area contributed by atoms with Gasteiger partial charge >= 0.3 is 5.97 Å². The summed E-state index contributed by atoms with van der Waals surface area (Å²) in [5.74, 6) is -1.49. The molecule has 5 nitrogen and oxygen atoms in total. The molecule has 2 rings (SSSR count). The van der Waals surface area contributed by atoms with Crippen molar-refractivity contribution in [3.05, 3.63) is 60.2 Å². The van der Waals surface area contributed by atoms with E-state index in [-0.39, 0.29) is 13.0 Å². The number of carboxylic acids is 1. The number of ether oxygens (including phenoxy) is 1. The van der Waals surface area contributed by atoms with Gasteiger partial charge in [-0.3, -0.25) is 4.79 Å². The third-order valence-corrected chi connectivity index (χ3v) is 3.57. The van der Waals surface area contributed by atoms with Crippen molar-refractivity contribution in [2.45, 2.75) is 19.4 Å². The summed E-state index contributed by atoms with van der Waals surface area (Å²) in [6.45, 7) is 2.05. The Morgan fingerprint density at radius 1 is 1.04 bits per heavy atom. The molecule has 0 aliphatic heterocycles. The molecule has 0 saturated carbocycles. The molecule has 0 bridgehead atoms. The maximum Gasteiger partial charge on any atom is 0.326 e. The third kappa shape index (κ3) is 5.21. The van der Waals surface area contributed by atoms with Gasteiger partial charge in [0.05, 0.1) is 0 Å². The molecule has 5 heteroatoms. The van der Waals surface area contributed by atoms with Crippen molar-refractivity contribution >= 4 is 11.9 Å². The lowest BCUT2D eigenvalue weighted by molar-refractivity contribution is -0.142. The van der Waals surface area contributed by atoms with Crippen LogP contribution < -0.4 is 5.32 Å². The Labute approximate surface area is 141 Å². The fourth-order valence-electron chi connectivity index (χ4n) is 2.33. The summed E-state index contributed by atoms with van der Waals surface area (Å²) >= 11 is 0. The summed E-state index contributed by atoms with van der Waals surface area (Å²) in [5, 5.41) is 11.8. The quantitative estimate of drug-likeness (QED) is 0.781. The van der Waals surface area contributed by atoms with Crippen molar-refractivity contribution in [2.75, 3.05) is 13.2 Å². The van der Waals surface area contributed by atoms with Crippen molar-refractivity contribution < 1.29 is 19.4 Å². The SMILES string of the molecule is CCOCC(=O)N[C@H](Cc1ccc(-c2ccccc2)cc1)C(=O)O. The number of carbonyl (C=O) groups is 2. The third-order valence-electron chi connectivity index (χ3n) is 3.57. The smallest absolute Gasteiger partial charge is 0.326 e. The zero-order valence-corrected chi connectivity index (χ0v) is 13.6. The molecule has 2 N–H and O–H groups in total. The first-order valence-corrected chi connectivity index (χ1v) is 7.84. The van der Waals surface area contributed by atoms with Gasteiger partial charge in [0.1, 0.15) is 12.6 Å². The van der Waals surface area contributed by atoms with Crippen molar-refractivity contribution in [3.8, 4) is 11.1 Å². The summed E-state index contributed by atoms with van der Waals surface area (Å²) in [4.78, 5) is 23.0. The maximum absolute atomic E-state index is 11.6. The fourth-order valence-corrected chi connectivity index (χ4v) is 2.33. The van der Waals surface area contributed by atoms with Crippen LogP contribution in [0.3, 0.4) is 0 Å². The topological polar surface area (TPSA) is 75.6 Å². The molecule has 2 aromatic rings. The molecule has 1 atom stereocenters. The van der Waals surface area contributed by atoms with Crippen LogP contribution in [0.25, 0.3) is 11.1 Å². The van der Waals surface area contributed by atoms with Crippen LogP contribution in [0.15, 0.2) is 54.6 Å². The van der Waals surface area contributed by atoms with Gasteiger partial charge in [0.2, 0.25) is 5.91 Å². The van der Waals surface area contributed by atoms with Crippen molar-refractivity contribution in [1.29, 1.82) is 0 Å². The molecular weight excluding hydrogens is 306 g/mol. The van der Waals surface area contributed by atoms with Crippen molar-refractivity contribution in [2.24, 2.45) is 0 Å². The number of hydrogen-bond donors (Lipinski definition) is 2. The highest BCUT2D eigenvalue weighted by atomic mass is 16.5. The van der Waals surface area contributed by atoms with Crippen LogP contribution >= 0.6 is 0 Å². The Balaban J connectivity index is 2.02. The number of carbonyl (C=O) groups excluding carboxylic acids is 1. The van der Waals surface area contributed by atoms with E-state index < -0.39 is 17.9 Å². The number of aliphatic carboxylic acids is 1. The van der Waals surface area contributed by atoms with E-state index in [1.54, 1.807) is 6.92 Å². The van der Waals surface area contributed by atoms with Crippen LogP contribution in [0.2, 0.25) is 0 Å². The van der Waals surface area contributed by atoms with Crippen molar-refractivity contribution in [1.82, 2.24) is 5.32 Å². The van der Waals surface area contributed by atoms with Crippen LogP contribution in [0.4, 0.5) is 0 Å². The molecule has 24 heavy (non-hydrogen) atoms. The Morgan fingerprint density at radius 2 is 1.67 bits per heavy atom. The second kappa shape index (κ2) is 8.84. The van der Waals surface area contributed by atoms with Crippen LogP contribution in [-0.4, -0.2) is 36.2 Å². The van der Waals surface area contributed by atoms with Gasteiger partial charge in [-0.2, -0.15) is 0 Å². The van der Waals surface area contributed by atoms with Gasteiger partial charge in [0.15, 0.2) is 0 Å². The number of hydrogen-bond acceptors (Lipinski definition) is 3. The average Bonchev–Trinajstić information content (AvgIpc) is 2.60. The lowest BCUT2D eigenvalue weighted by atomic mass is 10.0. The average molecular weight is 327 g/mol. The molecule has 0 aromatic heterocycles. The van der Waals surface area contributed by atoms with E-state index in [9.17, 15) is 14.7 Å². The predicted molar refractivity (Wildman–Crippen MR) is 91.6 cm³/mol. The van der Waals surface area contributed by atoms with E-state index in [4.69, 9.17) is 4.74 Å². The first-order valence-electron chi connectivity index (χ1n) is 7.84. The monoisotopic (exact) mass is 327 g/mol. The predicted octanol–water partition coefficient (Wildman–Crippen LogP) is 2.50. The molecule has 0 radical (unpaired) electrons. The number of carboxylic acid groups (broad SMARTS) is 1. The molecule has 1 amide bonds. The largest absolute Gasteiger partial charge is 0.480 e. The van der Waals surface area contributed by atoms with Gasteiger partial charge < -0.3 is 15.2 Å². The normalized spacial score (nSPS) is 11.7. The molecule has 0 aliphatic carbocycles. The Morgan fingerprint density at radius 3 is 2.25 bits per heavy atom. The summed E-state index contributed by atoms with van der Waals surface area (Å²) in [7, 11) is 0. The zero-order chi connectivity index (χ0) is 17.4.